The van der Waals surface area contributed by atoms with Gasteiger partial charge < -0.3 is 29.9 Å². The molecule has 5 atom stereocenters. The third kappa shape index (κ3) is 6.18. The van der Waals surface area contributed by atoms with E-state index in [2.05, 4.69) is 6.92 Å². The molecule has 0 amide bonds. The van der Waals surface area contributed by atoms with E-state index in [0.29, 0.717) is 6.61 Å². The maximum absolute atomic E-state index is 9.78. The maximum Gasteiger partial charge on any atom is 0.186 e. The van der Waals surface area contributed by atoms with Gasteiger partial charge in [-0.1, -0.05) is 45.4 Å². The maximum atomic E-state index is 9.78. The molecule has 126 valence electrons. The van der Waals surface area contributed by atoms with Gasteiger partial charge in [-0.15, -0.1) is 0 Å². The lowest BCUT2D eigenvalue weighted by atomic mass is 9.99. The molecular formula is C15H30O6. The minimum atomic E-state index is -1.37. The predicted molar refractivity (Wildman–Crippen MR) is 77.7 cm³/mol. The van der Waals surface area contributed by atoms with Gasteiger partial charge in [0.25, 0.3) is 0 Å². The van der Waals surface area contributed by atoms with E-state index in [4.69, 9.17) is 14.6 Å². The zero-order valence-electron chi connectivity index (χ0n) is 12.9. The highest BCUT2D eigenvalue weighted by Crippen LogP contribution is 2.22. The Bertz CT molecular complexity index is 261. The molecule has 21 heavy (non-hydrogen) atoms. The molecule has 0 spiro atoms. The van der Waals surface area contributed by atoms with Crippen molar-refractivity contribution < 1.29 is 29.9 Å². The van der Waals surface area contributed by atoms with Crippen molar-refractivity contribution >= 4 is 0 Å². The van der Waals surface area contributed by atoms with Gasteiger partial charge in [0.2, 0.25) is 0 Å². The summed E-state index contributed by atoms with van der Waals surface area (Å²) in [4.78, 5) is 0. The minimum Gasteiger partial charge on any atom is -0.394 e. The van der Waals surface area contributed by atoms with Gasteiger partial charge in [-0.3, -0.25) is 0 Å². The Morgan fingerprint density at radius 2 is 1.48 bits per heavy atom. The smallest absolute Gasteiger partial charge is 0.186 e. The van der Waals surface area contributed by atoms with Crippen LogP contribution in [0.25, 0.3) is 0 Å². The van der Waals surface area contributed by atoms with Gasteiger partial charge in [-0.2, -0.15) is 0 Å². The second-order valence-electron chi connectivity index (χ2n) is 5.69. The van der Waals surface area contributed by atoms with Crippen LogP contribution in [0.1, 0.15) is 51.9 Å². The standard InChI is InChI=1S/C15H30O6/c1-2-3-4-5-6-7-8-9-20-15-14(19)13(18)12(17)11(10-16)21-15/h11-19H,2-10H2,1H3/t11-,12+,13-,14-,15?/m1/s1. The van der Waals surface area contributed by atoms with Crippen LogP contribution in [0.15, 0.2) is 0 Å². The second-order valence-corrected chi connectivity index (χ2v) is 5.69. The van der Waals surface area contributed by atoms with Crippen molar-refractivity contribution in [2.75, 3.05) is 13.2 Å². The molecule has 1 saturated heterocycles. The molecular weight excluding hydrogens is 276 g/mol. The normalized spacial score (nSPS) is 33.3. The van der Waals surface area contributed by atoms with E-state index < -0.39 is 37.3 Å². The second kappa shape index (κ2) is 10.5. The van der Waals surface area contributed by atoms with E-state index in [1.165, 1.54) is 25.7 Å². The van der Waals surface area contributed by atoms with Crippen LogP contribution in [-0.4, -0.2) is 64.3 Å². The molecule has 0 bridgehead atoms. The van der Waals surface area contributed by atoms with Crippen LogP contribution in [0.5, 0.6) is 0 Å². The fourth-order valence-corrected chi connectivity index (χ4v) is 2.46. The molecule has 1 rings (SSSR count). The molecule has 1 aliphatic rings. The first-order valence-electron chi connectivity index (χ1n) is 8.04. The highest BCUT2D eigenvalue weighted by Gasteiger charge is 2.43. The average molecular weight is 306 g/mol. The molecule has 0 aliphatic carbocycles. The van der Waals surface area contributed by atoms with Crippen LogP contribution >= 0.6 is 0 Å². The quantitative estimate of drug-likeness (QED) is 0.440. The van der Waals surface area contributed by atoms with E-state index in [1.807, 2.05) is 0 Å². The van der Waals surface area contributed by atoms with Crippen LogP contribution in [0.2, 0.25) is 0 Å². The largest absolute Gasteiger partial charge is 0.394 e. The average Bonchev–Trinajstić information content (AvgIpc) is 2.49. The zero-order valence-corrected chi connectivity index (χ0v) is 12.9. The Labute approximate surface area is 126 Å². The Balaban J connectivity index is 2.16. The highest BCUT2D eigenvalue weighted by molar-refractivity contribution is 4.88. The van der Waals surface area contributed by atoms with Crippen molar-refractivity contribution in [3.8, 4) is 0 Å². The van der Waals surface area contributed by atoms with Gasteiger partial charge in [-0.05, 0) is 6.42 Å². The molecule has 0 radical (unpaired) electrons. The summed E-state index contributed by atoms with van der Waals surface area (Å²) in [7, 11) is 0. The number of hydrogen-bond acceptors (Lipinski definition) is 6. The first-order chi connectivity index (χ1) is 10.1. The van der Waals surface area contributed by atoms with Gasteiger partial charge >= 0.3 is 0 Å². The first-order valence-corrected chi connectivity index (χ1v) is 8.04. The third-order valence-electron chi connectivity index (χ3n) is 3.88. The fourth-order valence-electron chi connectivity index (χ4n) is 2.46. The Morgan fingerprint density at radius 1 is 0.857 bits per heavy atom. The molecule has 0 aromatic rings. The lowest BCUT2D eigenvalue weighted by Gasteiger charge is -2.39. The van der Waals surface area contributed by atoms with E-state index in [9.17, 15) is 15.3 Å². The molecule has 0 saturated carbocycles. The lowest BCUT2D eigenvalue weighted by molar-refractivity contribution is -0.301. The van der Waals surface area contributed by atoms with Crippen LogP contribution in [0, 0.1) is 0 Å². The van der Waals surface area contributed by atoms with Crippen molar-refractivity contribution in [2.45, 2.75) is 82.6 Å². The predicted octanol–water partition coefficient (Wildman–Crippen LogP) is 0.553. The number of rotatable bonds is 10. The van der Waals surface area contributed by atoms with E-state index in [0.717, 1.165) is 19.3 Å². The molecule has 1 fully saturated rings. The number of unbranched alkanes of at least 4 members (excludes halogenated alkanes) is 6. The molecule has 1 unspecified atom stereocenters. The molecule has 0 aromatic heterocycles. The molecule has 1 aliphatic heterocycles. The molecule has 6 heteroatoms. The van der Waals surface area contributed by atoms with Crippen LogP contribution in [-0.2, 0) is 9.47 Å². The van der Waals surface area contributed by atoms with Crippen LogP contribution in [0.3, 0.4) is 0 Å². The van der Waals surface area contributed by atoms with Crippen molar-refractivity contribution in [3.05, 3.63) is 0 Å². The third-order valence-corrected chi connectivity index (χ3v) is 3.88. The van der Waals surface area contributed by atoms with Gasteiger partial charge in [0.15, 0.2) is 6.29 Å². The van der Waals surface area contributed by atoms with Gasteiger partial charge in [0.1, 0.15) is 24.4 Å². The SMILES string of the molecule is CCCCCCCCCOC1O[C@H](CO)[C@H](O)[C@@H](O)[C@H]1O. The summed E-state index contributed by atoms with van der Waals surface area (Å²) in [6.07, 6.45) is 2.20. The number of aliphatic hydroxyl groups is 4. The fraction of sp³-hybridized carbons (Fsp3) is 1.00. The lowest BCUT2D eigenvalue weighted by Crippen LogP contribution is -2.59. The molecule has 0 aromatic carbocycles. The monoisotopic (exact) mass is 306 g/mol. The number of hydrogen-bond donors (Lipinski definition) is 4. The van der Waals surface area contributed by atoms with Crippen molar-refractivity contribution in [2.24, 2.45) is 0 Å². The minimum absolute atomic E-state index is 0.427. The van der Waals surface area contributed by atoms with E-state index >= 15 is 0 Å². The van der Waals surface area contributed by atoms with E-state index in [1.54, 1.807) is 0 Å². The van der Waals surface area contributed by atoms with Crippen molar-refractivity contribution in [3.63, 3.8) is 0 Å². The Morgan fingerprint density at radius 3 is 2.10 bits per heavy atom. The molecule has 1 heterocycles. The van der Waals surface area contributed by atoms with Crippen molar-refractivity contribution in [1.29, 1.82) is 0 Å². The van der Waals surface area contributed by atoms with Crippen LogP contribution in [0.4, 0.5) is 0 Å². The topological polar surface area (TPSA) is 99.4 Å². The summed E-state index contributed by atoms with van der Waals surface area (Å²) in [6.45, 7) is 2.19. The Kier molecular flexibility index (Phi) is 9.39. The molecule has 6 nitrogen and oxygen atoms in total. The summed E-state index contributed by atoms with van der Waals surface area (Å²) in [6, 6.07) is 0. The van der Waals surface area contributed by atoms with Gasteiger partial charge in [0, 0.05) is 6.61 Å². The van der Waals surface area contributed by atoms with Crippen molar-refractivity contribution in [1.82, 2.24) is 0 Å². The van der Waals surface area contributed by atoms with E-state index in [-0.39, 0.29) is 0 Å². The molecule has 4 N–H and O–H groups in total. The first kappa shape index (κ1) is 18.8. The summed E-state index contributed by atoms with van der Waals surface area (Å²) in [5.41, 5.74) is 0. The van der Waals surface area contributed by atoms with Gasteiger partial charge in [-0.25, -0.2) is 0 Å². The summed E-state index contributed by atoms with van der Waals surface area (Å²) in [5, 5.41) is 38.1. The zero-order chi connectivity index (χ0) is 15.7. The number of aliphatic hydroxyl groups excluding tert-OH is 4. The summed E-state index contributed by atoms with van der Waals surface area (Å²) >= 11 is 0. The van der Waals surface area contributed by atoms with Crippen LogP contribution < -0.4 is 0 Å². The van der Waals surface area contributed by atoms with Gasteiger partial charge in [0.05, 0.1) is 6.61 Å². The Hall–Kier alpha value is -0.240. The number of ether oxygens (including phenoxy) is 2. The summed E-state index contributed by atoms with van der Waals surface area (Å²) in [5.74, 6) is 0. The highest BCUT2D eigenvalue weighted by atomic mass is 16.7. The summed E-state index contributed by atoms with van der Waals surface area (Å²) < 4.78 is 10.7.